The maximum atomic E-state index is 11.7. The maximum absolute atomic E-state index is 11.7. The molecule has 0 amide bonds. The van der Waals surface area contributed by atoms with E-state index in [9.17, 15) is 9.90 Å². The van der Waals surface area contributed by atoms with Gasteiger partial charge >= 0.3 is 5.69 Å². The minimum Gasteiger partial charge on any atom is -0.389 e. The molecule has 1 aromatic carbocycles. The first kappa shape index (κ1) is 12.5. The molecule has 1 aromatic heterocycles. The highest BCUT2D eigenvalue weighted by atomic mass is 32.2. The number of hydrogen-bond acceptors (Lipinski definition) is 4. The van der Waals surface area contributed by atoms with Crippen LogP contribution in [0, 0.1) is 0 Å². The van der Waals surface area contributed by atoms with Crippen molar-refractivity contribution in [1.29, 1.82) is 0 Å². The maximum Gasteiger partial charge on any atom is 0.344 e. The topological polar surface area (TPSA) is 70.9 Å². The number of H-pyrrole nitrogens is 1. The first-order valence-electron chi connectivity index (χ1n) is 6.28. The van der Waals surface area contributed by atoms with Crippen LogP contribution < -0.4 is 5.69 Å². The SMILES string of the molecule is C[C@H](O)c1ccc(Sc2n[nH]c(=O)n2C2CC2)cc1. The highest BCUT2D eigenvalue weighted by molar-refractivity contribution is 7.99. The van der Waals surface area contributed by atoms with Gasteiger partial charge in [-0.1, -0.05) is 12.1 Å². The van der Waals surface area contributed by atoms with Crippen LogP contribution in [0.2, 0.25) is 0 Å². The highest BCUT2D eigenvalue weighted by Crippen LogP contribution is 2.37. The largest absolute Gasteiger partial charge is 0.389 e. The van der Waals surface area contributed by atoms with Crippen LogP contribution in [-0.2, 0) is 0 Å². The zero-order valence-electron chi connectivity index (χ0n) is 10.5. The van der Waals surface area contributed by atoms with Gasteiger partial charge in [0.1, 0.15) is 0 Å². The van der Waals surface area contributed by atoms with E-state index in [1.807, 2.05) is 24.3 Å². The Kier molecular flexibility index (Phi) is 3.20. The fourth-order valence-electron chi connectivity index (χ4n) is 1.94. The quantitative estimate of drug-likeness (QED) is 0.898. The van der Waals surface area contributed by atoms with Crippen LogP contribution in [0.25, 0.3) is 0 Å². The molecule has 1 saturated carbocycles. The van der Waals surface area contributed by atoms with E-state index in [1.54, 1.807) is 11.5 Å². The van der Waals surface area contributed by atoms with Crippen LogP contribution in [-0.4, -0.2) is 19.9 Å². The molecular weight excluding hydrogens is 262 g/mol. The summed E-state index contributed by atoms with van der Waals surface area (Å²) in [6.45, 7) is 1.74. The minimum atomic E-state index is -0.464. The molecule has 1 atom stereocenters. The molecule has 19 heavy (non-hydrogen) atoms. The Morgan fingerprint density at radius 3 is 2.68 bits per heavy atom. The van der Waals surface area contributed by atoms with E-state index < -0.39 is 6.10 Å². The molecule has 0 radical (unpaired) electrons. The second-order valence-electron chi connectivity index (χ2n) is 4.76. The average Bonchev–Trinajstić information content (AvgIpc) is 3.16. The molecule has 6 heteroatoms. The molecule has 2 N–H and O–H groups in total. The number of rotatable bonds is 4. The van der Waals surface area contributed by atoms with E-state index in [4.69, 9.17) is 0 Å². The molecule has 0 spiro atoms. The summed E-state index contributed by atoms with van der Waals surface area (Å²) in [7, 11) is 0. The average molecular weight is 277 g/mol. The molecule has 5 nitrogen and oxygen atoms in total. The van der Waals surface area contributed by atoms with Crippen molar-refractivity contribution in [2.24, 2.45) is 0 Å². The Balaban J connectivity index is 1.83. The van der Waals surface area contributed by atoms with Gasteiger partial charge in [-0.2, -0.15) is 0 Å². The Hall–Kier alpha value is -1.53. The first-order valence-corrected chi connectivity index (χ1v) is 7.09. The van der Waals surface area contributed by atoms with Gasteiger partial charge in [0.25, 0.3) is 0 Å². The summed E-state index contributed by atoms with van der Waals surface area (Å²) >= 11 is 1.46. The Morgan fingerprint density at radius 1 is 1.42 bits per heavy atom. The van der Waals surface area contributed by atoms with Crippen molar-refractivity contribution in [2.45, 2.75) is 42.0 Å². The van der Waals surface area contributed by atoms with Gasteiger partial charge in [-0.25, -0.2) is 9.89 Å². The van der Waals surface area contributed by atoms with Gasteiger partial charge in [0.05, 0.1) is 6.10 Å². The summed E-state index contributed by atoms with van der Waals surface area (Å²) in [5.41, 5.74) is 0.747. The summed E-state index contributed by atoms with van der Waals surface area (Å²) in [5, 5.41) is 16.7. The van der Waals surface area contributed by atoms with Crippen LogP contribution in [0.5, 0.6) is 0 Å². The lowest BCUT2D eigenvalue weighted by atomic mass is 10.1. The van der Waals surface area contributed by atoms with Crippen LogP contribution in [0.1, 0.15) is 37.5 Å². The number of aliphatic hydroxyl groups is 1. The predicted octanol–water partition coefficient (Wildman–Crippen LogP) is 2.11. The first-order chi connectivity index (χ1) is 9.15. The van der Waals surface area contributed by atoms with Gasteiger partial charge < -0.3 is 5.11 Å². The highest BCUT2D eigenvalue weighted by Gasteiger charge is 2.28. The van der Waals surface area contributed by atoms with Gasteiger partial charge in [0.15, 0.2) is 5.16 Å². The third-order valence-electron chi connectivity index (χ3n) is 3.16. The monoisotopic (exact) mass is 277 g/mol. The van der Waals surface area contributed by atoms with Crippen molar-refractivity contribution in [3.63, 3.8) is 0 Å². The second kappa shape index (κ2) is 4.86. The number of aromatic amines is 1. The molecule has 0 bridgehead atoms. The number of aromatic nitrogens is 3. The molecule has 2 aromatic rings. The molecular formula is C13H15N3O2S. The van der Waals surface area contributed by atoms with Gasteiger partial charge in [-0.15, -0.1) is 5.10 Å². The molecule has 3 rings (SSSR count). The molecule has 1 heterocycles. The van der Waals surface area contributed by atoms with E-state index in [0.29, 0.717) is 11.2 Å². The molecule has 0 saturated heterocycles. The summed E-state index contributed by atoms with van der Waals surface area (Å²) in [4.78, 5) is 12.7. The van der Waals surface area contributed by atoms with Crippen LogP contribution in [0.3, 0.4) is 0 Å². The molecule has 1 aliphatic carbocycles. The van der Waals surface area contributed by atoms with E-state index in [0.717, 1.165) is 23.3 Å². The van der Waals surface area contributed by atoms with Crippen LogP contribution in [0.15, 0.2) is 39.1 Å². The lowest BCUT2D eigenvalue weighted by molar-refractivity contribution is 0.199. The number of benzene rings is 1. The Morgan fingerprint density at radius 2 is 2.11 bits per heavy atom. The summed E-state index contributed by atoms with van der Waals surface area (Å²) in [6.07, 6.45) is 1.64. The summed E-state index contributed by atoms with van der Waals surface area (Å²) in [5.74, 6) is 0. The van der Waals surface area contributed by atoms with Crippen molar-refractivity contribution in [2.75, 3.05) is 0 Å². The third-order valence-corrected chi connectivity index (χ3v) is 4.13. The fourth-order valence-corrected chi connectivity index (χ4v) is 2.84. The number of hydrogen-bond donors (Lipinski definition) is 2. The summed E-state index contributed by atoms with van der Waals surface area (Å²) < 4.78 is 1.73. The Bertz CT molecular complexity index is 626. The minimum absolute atomic E-state index is 0.134. The van der Waals surface area contributed by atoms with Gasteiger partial charge in [0, 0.05) is 10.9 Å². The van der Waals surface area contributed by atoms with Gasteiger partial charge in [-0.3, -0.25) is 4.57 Å². The lowest BCUT2D eigenvalue weighted by Gasteiger charge is -2.06. The van der Waals surface area contributed by atoms with E-state index in [1.165, 1.54) is 11.8 Å². The van der Waals surface area contributed by atoms with Crippen molar-refractivity contribution in [3.05, 3.63) is 40.3 Å². The molecule has 100 valence electrons. The lowest BCUT2D eigenvalue weighted by Crippen LogP contribution is -2.15. The second-order valence-corrected chi connectivity index (χ2v) is 5.80. The van der Waals surface area contributed by atoms with Gasteiger partial charge in [-0.05, 0) is 49.2 Å². The predicted molar refractivity (Wildman–Crippen MR) is 72.3 cm³/mol. The third kappa shape index (κ3) is 2.59. The van der Waals surface area contributed by atoms with Crippen molar-refractivity contribution >= 4 is 11.8 Å². The van der Waals surface area contributed by atoms with Crippen molar-refractivity contribution in [1.82, 2.24) is 14.8 Å². The van der Waals surface area contributed by atoms with Crippen molar-refractivity contribution in [3.8, 4) is 0 Å². The van der Waals surface area contributed by atoms with Crippen LogP contribution in [0.4, 0.5) is 0 Å². The number of aliphatic hydroxyl groups excluding tert-OH is 1. The number of nitrogens with zero attached hydrogens (tertiary/aromatic N) is 2. The molecule has 0 unspecified atom stereocenters. The van der Waals surface area contributed by atoms with Crippen molar-refractivity contribution < 1.29 is 5.11 Å². The van der Waals surface area contributed by atoms with Gasteiger partial charge in [0.2, 0.25) is 0 Å². The number of nitrogens with one attached hydrogen (secondary N) is 1. The zero-order valence-corrected chi connectivity index (χ0v) is 11.4. The molecule has 0 aliphatic heterocycles. The van der Waals surface area contributed by atoms with E-state index >= 15 is 0 Å². The smallest absolute Gasteiger partial charge is 0.344 e. The molecule has 1 fully saturated rings. The van der Waals surface area contributed by atoms with E-state index in [-0.39, 0.29) is 5.69 Å². The fraction of sp³-hybridized carbons (Fsp3) is 0.385. The normalized spacial score (nSPS) is 16.5. The Labute approximate surface area is 114 Å². The van der Waals surface area contributed by atoms with Crippen LogP contribution >= 0.6 is 11.8 Å². The standard InChI is InChI=1S/C13H15N3O2S/c1-8(17)9-2-6-11(7-3-9)19-13-15-14-12(18)16(13)10-4-5-10/h2-3,6-8,10,17H,4-5H2,1H3,(H,14,18)/t8-/m0/s1. The summed E-state index contributed by atoms with van der Waals surface area (Å²) in [6, 6.07) is 7.95. The van der Waals surface area contributed by atoms with E-state index in [2.05, 4.69) is 10.2 Å². The molecule has 1 aliphatic rings. The zero-order chi connectivity index (χ0) is 13.4.